The lowest BCUT2D eigenvalue weighted by Crippen LogP contribution is -2.16. The molecule has 5 rings (SSSR count). The summed E-state index contributed by atoms with van der Waals surface area (Å²) in [5, 5.41) is 5.54. The first-order chi connectivity index (χ1) is 26.4. The topological polar surface area (TPSA) is 144 Å². The van der Waals surface area contributed by atoms with Crippen molar-refractivity contribution in [1.82, 2.24) is 0 Å². The summed E-state index contributed by atoms with van der Waals surface area (Å²) in [5.74, 6) is 1.87. The number of hydrogen-bond acceptors (Lipinski definition) is 10. The Kier molecular flexibility index (Phi) is 14.3. The highest BCUT2D eigenvalue weighted by atomic mass is 35.5. The molecule has 0 aromatic heterocycles. The van der Waals surface area contributed by atoms with Gasteiger partial charge in [-0.1, -0.05) is 48.0 Å². The van der Waals surface area contributed by atoms with Crippen molar-refractivity contribution >= 4 is 55.6 Å². The van der Waals surface area contributed by atoms with Gasteiger partial charge >= 0.3 is 0 Å². The highest BCUT2D eigenvalue weighted by Gasteiger charge is 2.15. The van der Waals surface area contributed by atoms with Gasteiger partial charge in [0.25, 0.3) is 26.1 Å². The van der Waals surface area contributed by atoms with Crippen LogP contribution in [-0.2, 0) is 41.8 Å². The molecule has 0 unspecified atom stereocenters. The number of rotatable bonds is 18. The fourth-order valence-corrected chi connectivity index (χ4v) is 6.49. The van der Waals surface area contributed by atoms with Crippen molar-refractivity contribution in [3.63, 3.8) is 0 Å². The highest BCUT2D eigenvalue weighted by Crippen LogP contribution is 2.26. The van der Waals surface area contributed by atoms with E-state index in [1.54, 1.807) is 123 Å². The average molecular weight is 804 g/mol. The van der Waals surface area contributed by atoms with Gasteiger partial charge < -0.3 is 19.5 Å². The van der Waals surface area contributed by atoms with E-state index < -0.39 is 20.2 Å². The SMILES string of the molecule is CCOS(=O)(=O)/C=C/c1ccc(OCc2ccc(COc3ccc(/C=C/S(=O)(=O)OCC)cc3)c(C(=O)Nc3ccc(Oc4ccc(Cl)cc4)cc3)c2)cc1. The fourth-order valence-electron chi connectivity index (χ4n) is 4.90. The zero-order valence-electron chi connectivity index (χ0n) is 29.9. The number of amides is 1. The van der Waals surface area contributed by atoms with Crippen LogP contribution in [0.1, 0.15) is 46.5 Å². The third-order valence-electron chi connectivity index (χ3n) is 7.56. The maximum atomic E-state index is 13.8. The number of halogens is 1. The zero-order valence-corrected chi connectivity index (χ0v) is 32.3. The maximum Gasteiger partial charge on any atom is 0.290 e. The normalized spacial score (nSPS) is 11.8. The van der Waals surface area contributed by atoms with E-state index in [-0.39, 0.29) is 32.3 Å². The van der Waals surface area contributed by atoms with Gasteiger partial charge in [0.2, 0.25) is 0 Å². The summed E-state index contributed by atoms with van der Waals surface area (Å²) >= 11 is 5.97. The largest absolute Gasteiger partial charge is 0.489 e. The van der Waals surface area contributed by atoms with Crippen LogP contribution in [-0.4, -0.2) is 36.0 Å². The molecule has 286 valence electrons. The standard InChI is InChI=1S/C41H38ClNO10S2/c1-3-51-54(45,46)25-23-30-6-15-36(16-7-30)49-28-32-5-10-33(29-50-37-17-8-31(9-18-37)24-26-55(47,48)52-4-2)40(27-32)41(44)43-35-13-21-39(22-14-35)53-38-19-11-34(42)12-20-38/h5-27H,3-4,28-29H2,1-2H3,(H,43,44)/b25-23+,26-24+. The van der Waals surface area contributed by atoms with Gasteiger partial charge in [-0.3, -0.25) is 13.2 Å². The molecule has 1 amide bonds. The number of carbonyl (C=O) groups is 1. The lowest BCUT2D eigenvalue weighted by atomic mass is 10.0. The molecule has 1 N–H and O–H groups in total. The van der Waals surface area contributed by atoms with Crippen LogP contribution in [0.2, 0.25) is 5.02 Å². The number of hydrogen-bond donors (Lipinski definition) is 1. The van der Waals surface area contributed by atoms with E-state index in [0.717, 1.165) is 10.8 Å². The van der Waals surface area contributed by atoms with Crippen molar-refractivity contribution < 1.29 is 44.2 Å². The number of anilines is 1. The Morgan fingerprint density at radius 3 is 1.60 bits per heavy atom. The van der Waals surface area contributed by atoms with E-state index >= 15 is 0 Å². The molecule has 0 fully saturated rings. The van der Waals surface area contributed by atoms with E-state index in [4.69, 9.17) is 34.2 Å². The molecule has 5 aromatic carbocycles. The molecule has 55 heavy (non-hydrogen) atoms. The van der Waals surface area contributed by atoms with Gasteiger partial charge in [-0.15, -0.1) is 0 Å². The summed E-state index contributed by atoms with van der Waals surface area (Å²) in [6, 6.07) is 32.9. The van der Waals surface area contributed by atoms with Crippen LogP contribution in [0.25, 0.3) is 12.2 Å². The Morgan fingerprint density at radius 2 is 1.09 bits per heavy atom. The third kappa shape index (κ3) is 13.1. The maximum absolute atomic E-state index is 13.8. The van der Waals surface area contributed by atoms with Crippen molar-refractivity contribution in [1.29, 1.82) is 0 Å². The molecule has 0 saturated heterocycles. The van der Waals surface area contributed by atoms with Gasteiger partial charge in [-0.25, -0.2) is 0 Å². The smallest absolute Gasteiger partial charge is 0.290 e. The third-order valence-corrected chi connectivity index (χ3v) is 9.88. The zero-order chi connectivity index (χ0) is 39.3. The molecule has 0 bridgehead atoms. The molecule has 0 radical (unpaired) electrons. The predicted octanol–water partition coefficient (Wildman–Crippen LogP) is 9.22. The molecule has 0 saturated carbocycles. The van der Waals surface area contributed by atoms with Gasteiger partial charge in [-0.2, -0.15) is 16.8 Å². The van der Waals surface area contributed by atoms with Crippen molar-refractivity contribution in [2.45, 2.75) is 27.1 Å². The molecule has 14 heteroatoms. The second kappa shape index (κ2) is 19.2. The van der Waals surface area contributed by atoms with Crippen LogP contribution in [0, 0.1) is 0 Å². The molecule has 0 aliphatic heterocycles. The van der Waals surface area contributed by atoms with Crippen LogP contribution in [0.5, 0.6) is 23.0 Å². The van der Waals surface area contributed by atoms with Gasteiger partial charge in [0.05, 0.1) is 24.0 Å². The van der Waals surface area contributed by atoms with Crippen LogP contribution < -0.4 is 19.5 Å². The Bertz CT molecular complexity index is 2330. The first-order valence-electron chi connectivity index (χ1n) is 17.0. The summed E-state index contributed by atoms with van der Waals surface area (Å²) in [6.07, 6.45) is 2.86. The highest BCUT2D eigenvalue weighted by molar-refractivity contribution is 7.90. The summed E-state index contributed by atoms with van der Waals surface area (Å²) in [4.78, 5) is 13.8. The van der Waals surface area contributed by atoms with Crippen molar-refractivity contribution in [2.75, 3.05) is 18.5 Å². The molecule has 11 nitrogen and oxygen atoms in total. The Morgan fingerprint density at radius 1 is 0.618 bits per heavy atom. The second-order valence-electron chi connectivity index (χ2n) is 11.6. The molecular weight excluding hydrogens is 766 g/mol. The lowest BCUT2D eigenvalue weighted by molar-refractivity contribution is 0.102. The molecule has 0 spiro atoms. The van der Waals surface area contributed by atoms with Crippen molar-refractivity contribution in [2.24, 2.45) is 0 Å². The van der Waals surface area contributed by atoms with E-state index in [9.17, 15) is 21.6 Å². The molecule has 0 aliphatic rings. The van der Waals surface area contributed by atoms with Crippen LogP contribution in [0.4, 0.5) is 5.69 Å². The van der Waals surface area contributed by atoms with Crippen LogP contribution >= 0.6 is 11.6 Å². The molecule has 0 aliphatic carbocycles. The van der Waals surface area contributed by atoms with Gasteiger partial charge in [-0.05, 0) is 122 Å². The van der Waals surface area contributed by atoms with Gasteiger partial charge in [0.1, 0.15) is 36.2 Å². The van der Waals surface area contributed by atoms with E-state index in [1.165, 1.54) is 12.2 Å². The van der Waals surface area contributed by atoms with Crippen molar-refractivity contribution in [3.8, 4) is 23.0 Å². The Hall–Kier alpha value is -5.44. The minimum atomic E-state index is -3.77. The first kappa shape index (κ1) is 40.7. The predicted molar refractivity (Wildman–Crippen MR) is 213 cm³/mol. The number of nitrogens with one attached hydrogen (secondary N) is 1. The summed E-state index contributed by atoms with van der Waals surface area (Å²) in [7, 11) is -7.52. The van der Waals surface area contributed by atoms with E-state index in [1.807, 2.05) is 6.07 Å². The second-order valence-corrected chi connectivity index (χ2v) is 15.1. The number of carbonyl (C=O) groups excluding carboxylic acids is 1. The number of benzene rings is 5. The molecular formula is C41H38ClNO10S2. The fraction of sp³-hybridized carbons (Fsp3) is 0.146. The summed E-state index contributed by atoms with van der Waals surface area (Å²) in [6.45, 7) is 3.47. The molecule has 0 atom stereocenters. The summed E-state index contributed by atoms with van der Waals surface area (Å²) in [5.41, 5.74) is 3.49. The number of ether oxygens (including phenoxy) is 3. The first-order valence-corrected chi connectivity index (χ1v) is 20.3. The average Bonchev–Trinajstić information content (AvgIpc) is 3.17. The van der Waals surface area contributed by atoms with Gasteiger partial charge in [0, 0.05) is 21.8 Å². The lowest BCUT2D eigenvalue weighted by Gasteiger charge is -2.14. The van der Waals surface area contributed by atoms with Gasteiger partial charge in [0.15, 0.2) is 0 Å². The van der Waals surface area contributed by atoms with Crippen molar-refractivity contribution in [3.05, 3.63) is 159 Å². The monoisotopic (exact) mass is 803 g/mol. The van der Waals surface area contributed by atoms with E-state index in [2.05, 4.69) is 5.32 Å². The molecule has 0 heterocycles. The quantitative estimate of drug-likeness (QED) is 0.0852. The summed E-state index contributed by atoms with van der Waals surface area (Å²) < 4.78 is 74.6. The minimum absolute atomic E-state index is 0.0407. The van der Waals surface area contributed by atoms with E-state index in [0.29, 0.717) is 61.5 Å². The van der Waals surface area contributed by atoms with Crippen LogP contribution in [0.15, 0.2) is 126 Å². The Balaban J connectivity index is 1.29. The minimum Gasteiger partial charge on any atom is -0.489 e. The Labute approximate surface area is 326 Å². The van der Waals surface area contributed by atoms with Crippen LogP contribution in [0.3, 0.4) is 0 Å². The molecule has 5 aromatic rings.